The van der Waals surface area contributed by atoms with E-state index in [1.165, 1.54) is 16.7 Å². The molecule has 23 heavy (non-hydrogen) atoms. The molecule has 3 rings (SSSR count). The lowest BCUT2D eigenvalue weighted by atomic mass is 10.3. The molecule has 1 aliphatic heterocycles. The van der Waals surface area contributed by atoms with Crippen LogP contribution in [-0.4, -0.2) is 32.7 Å². The van der Waals surface area contributed by atoms with Crippen molar-refractivity contribution in [3.63, 3.8) is 0 Å². The number of furan rings is 1. The highest BCUT2D eigenvalue weighted by Gasteiger charge is 2.37. The van der Waals surface area contributed by atoms with Crippen LogP contribution in [0, 0.1) is 5.92 Å². The predicted octanol–water partition coefficient (Wildman–Crippen LogP) is 3.47. The largest absolute Gasteiger partial charge is 0.481 e. The predicted molar refractivity (Wildman–Crippen MR) is 92.0 cm³/mol. The van der Waals surface area contributed by atoms with Crippen LogP contribution in [0.4, 0.5) is 0 Å². The molecule has 1 saturated carbocycles. The molecule has 1 saturated heterocycles. The molecule has 2 aliphatic rings. The lowest BCUT2D eigenvalue weighted by Crippen LogP contribution is -2.29. The Morgan fingerprint density at radius 2 is 2.30 bits per heavy atom. The normalized spacial score (nSPS) is 25.4. The Morgan fingerprint density at radius 1 is 1.57 bits per heavy atom. The average molecular weight is 351 g/mol. The summed E-state index contributed by atoms with van der Waals surface area (Å²) in [6.45, 7) is 2.52. The van der Waals surface area contributed by atoms with Crippen molar-refractivity contribution in [3.8, 4) is 0 Å². The summed E-state index contributed by atoms with van der Waals surface area (Å²) in [7, 11) is 0. The van der Waals surface area contributed by atoms with Gasteiger partial charge in [-0.25, -0.2) is 0 Å². The van der Waals surface area contributed by atoms with E-state index in [-0.39, 0.29) is 12.3 Å². The third-order valence-corrected chi connectivity index (χ3v) is 5.42. The number of carbonyl (C=O) groups excluding carboxylic acids is 1. The molecule has 0 radical (unpaired) electrons. The zero-order chi connectivity index (χ0) is 16.6. The van der Waals surface area contributed by atoms with Crippen LogP contribution in [0.15, 0.2) is 21.5 Å². The van der Waals surface area contributed by atoms with Crippen LogP contribution in [0.3, 0.4) is 0 Å². The quantitative estimate of drug-likeness (QED) is 0.625. The third kappa shape index (κ3) is 3.67. The van der Waals surface area contributed by atoms with E-state index >= 15 is 0 Å². The van der Waals surface area contributed by atoms with Gasteiger partial charge < -0.3 is 9.52 Å². The summed E-state index contributed by atoms with van der Waals surface area (Å²) in [4.78, 5) is 24.9. The SMILES string of the molecule is C[C@H]1C[C@H]1c1ccc(/C=C2\SC(=S)N(CCCC(=O)O)C2=O)o1. The van der Waals surface area contributed by atoms with Gasteiger partial charge in [0.05, 0.1) is 4.91 Å². The Bertz CT molecular complexity index is 694. The molecule has 5 nitrogen and oxygen atoms in total. The molecule has 1 aliphatic carbocycles. The topological polar surface area (TPSA) is 70.8 Å². The summed E-state index contributed by atoms with van der Waals surface area (Å²) in [5, 5.41) is 8.67. The summed E-state index contributed by atoms with van der Waals surface area (Å²) in [5.41, 5.74) is 0. The monoisotopic (exact) mass is 351 g/mol. The van der Waals surface area contributed by atoms with E-state index in [4.69, 9.17) is 21.7 Å². The molecule has 0 bridgehead atoms. The molecule has 0 unspecified atom stereocenters. The van der Waals surface area contributed by atoms with E-state index in [9.17, 15) is 9.59 Å². The van der Waals surface area contributed by atoms with Gasteiger partial charge in [-0.15, -0.1) is 0 Å². The van der Waals surface area contributed by atoms with E-state index in [1.807, 2.05) is 12.1 Å². The molecular formula is C16H17NO4S2. The number of thiocarbonyl (C=S) groups is 1. The molecule has 1 aromatic rings. The van der Waals surface area contributed by atoms with Crippen molar-refractivity contribution in [1.29, 1.82) is 0 Å². The van der Waals surface area contributed by atoms with E-state index in [1.54, 1.807) is 6.08 Å². The number of nitrogens with zero attached hydrogens (tertiary/aromatic N) is 1. The number of hydrogen-bond donors (Lipinski definition) is 1. The van der Waals surface area contributed by atoms with Gasteiger partial charge in [0.1, 0.15) is 15.8 Å². The van der Waals surface area contributed by atoms with Crippen LogP contribution in [0.5, 0.6) is 0 Å². The summed E-state index contributed by atoms with van der Waals surface area (Å²) in [6.07, 6.45) is 3.28. The fraction of sp³-hybridized carbons (Fsp3) is 0.438. The van der Waals surface area contributed by atoms with E-state index in [2.05, 4.69) is 6.92 Å². The van der Waals surface area contributed by atoms with Gasteiger partial charge in [0.2, 0.25) is 0 Å². The lowest BCUT2D eigenvalue weighted by molar-refractivity contribution is -0.137. The second kappa shape index (κ2) is 6.49. The summed E-state index contributed by atoms with van der Waals surface area (Å²) >= 11 is 6.44. The highest BCUT2D eigenvalue weighted by Crippen LogP contribution is 2.47. The molecule has 1 amide bonds. The fourth-order valence-electron chi connectivity index (χ4n) is 2.57. The first kappa shape index (κ1) is 16.3. The van der Waals surface area contributed by atoms with Crippen LogP contribution in [0.25, 0.3) is 6.08 Å². The van der Waals surface area contributed by atoms with Gasteiger partial charge >= 0.3 is 5.97 Å². The van der Waals surface area contributed by atoms with E-state index in [0.717, 1.165) is 12.2 Å². The number of aliphatic carboxylic acids is 1. The number of thioether (sulfide) groups is 1. The third-order valence-electron chi connectivity index (χ3n) is 4.04. The first-order valence-electron chi connectivity index (χ1n) is 7.52. The Morgan fingerprint density at radius 3 is 2.96 bits per heavy atom. The Hall–Kier alpha value is -1.60. The van der Waals surface area contributed by atoms with Crippen LogP contribution >= 0.6 is 24.0 Å². The zero-order valence-corrected chi connectivity index (χ0v) is 14.3. The van der Waals surface area contributed by atoms with Crippen molar-refractivity contribution in [3.05, 3.63) is 28.6 Å². The second-order valence-electron chi connectivity index (χ2n) is 5.89. The first-order chi connectivity index (χ1) is 11.0. The molecule has 0 aromatic carbocycles. The highest BCUT2D eigenvalue weighted by molar-refractivity contribution is 8.26. The van der Waals surface area contributed by atoms with Crippen LogP contribution in [-0.2, 0) is 9.59 Å². The number of carboxylic acid groups (broad SMARTS) is 1. The van der Waals surface area contributed by atoms with Crippen LogP contribution < -0.4 is 0 Å². The molecule has 2 fully saturated rings. The van der Waals surface area contributed by atoms with Gasteiger partial charge in [-0.1, -0.05) is 30.9 Å². The smallest absolute Gasteiger partial charge is 0.303 e. The van der Waals surface area contributed by atoms with Gasteiger partial charge in [0, 0.05) is 25.0 Å². The van der Waals surface area contributed by atoms with Crippen LogP contribution in [0.2, 0.25) is 0 Å². The summed E-state index contributed by atoms with van der Waals surface area (Å²) < 4.78 is 6.26. The van der Waals surface area contributed by atoms with Crippen LogP contribution in [0.1, 0.15) is 43.6 Å². The minimum absolute atomic E-state index is 0.0250. The molecule has 2 heterocycles. The molecule has 2 atom stereocenters. The van der Waals surface area contributed by atoms with Crippen molar-refractivity contribution in [2.45, 2.75) is 32.1 Å². The first-order valence-corrected chi connectivity index (χ1v) is 8.75. The van der Waals surface area contributed by atoms with Crippen molar-refractivity contribution in [2.75, 3.05) is 6.54 Å². The minimum Gasteiger partial charge on any atom is -0.481 e. The molecule has 122 valence electrons. The van der Waals surface area contributed by atoms with Gasteiger partial charge in [0.15, 0.2) is 0 Å². The van der Waals surface area contributed by atoms with Gasteiger partial charge in [-0.3, -0.25) is 14.5 Å². The summed E-state index contributed by atoms with van der Waals surface area (Å²) in [5.74, 6) is 1.75. The Labute approximate surface area is 143 Å². The fourth-order valence-corrected chi connectivity index (χ4v) is 3.86. The second-order valence-corrected chi connectivity index (χ2v) is 7.57. The maximum atomic E-state index is 12.4. The number of carbonyl (C=O) groups is 2. The Kier molecular flexibility index (Phi) is 4.59. The maximum Gasteiger partial charge on any atom is 0.303 e. The van der Waals surface area contributed by atoms with E-state index in [0.29, 0.717) is 39.8 Å². The Balaban J connectivity index is 1.66. The molecule has 1 N–H and O–H groups in total. The van der Waals surface area contributed by atoms with Gasteiger partial charge in [0.25, 0.3) is 5.91 Å². The van der Waals surface area contributed by atoms with E-state index < -0.39 is 5.97 Å². The standard InChI is InChI=1S/C16H17NO4S2/c1-9-7-11(9)12-5-4-10(21-12)8-13-15(20)17(16(22)23-13)6-2-3-14(18)19/h4-5,8-9,11H,2-3,6-7H2,1H3,(H,18,19)/b13-8-/t9-,11+/m0/s1. The number of hydrogen-bond acceptors (Lipinski definition) is 5. The number of rotatable bonds is 6. The minimum atomic E-state index is -0.872. The van der Waals surface area contributed by atoms with Crippen molar-refractivity contribution in [1.82, 2.24) is 4.90 Å². The van der Waals surface area contributed by atoms with Crippen molar-refractivity contribution in [2.24, 2.45) is 5.92 Å². The maximum absolute atomic E-state index is 12.4. The summed E-state index contributed by atoms with van der Waals surface area (Å²) in [6, 6.07) is 3.84. The highest BCUT2D eigenvalue weighted by atomic mass is 32.2. The molecule has 0 spiro atoms. The number of amides is 1. The molecule has 7 heteroatoms. The average Bonchev–Trinajstić information content (AvgIpc) is 2.93. The van der Waals surface area contributed by atoms with Gasteiger partial charge in [-0.05, 0) is 30.9 Å². The number of carboxylic acids is 1. The van der Waals surface area contributed by atoms with Gasteiger partial charge in [-0.2, -0.15) is 0 Å². The van der Waals surface area contributed by atoms with Crippen molar-refractivity contribution >= 4 is 46.3 Å². The zero-order valence-electron chi connectivity index (χ0n) is 12.7. The molecular weight excluding hydrogens is 334 g/mol. The van der Waals surface area contributed by atoms with Crippen molar-refractivity contribution < 1.29 is 19.1 Å². The lowest BCUT2D eigenvalue weighted by Gasteiger charge is -2.13. The molecule has 1 aromatic heterocycles.